The molecule has 0 aliphatic rings. The van der Waals surface area contributed by atoms with E-state index in [2.05, 4.69) is 41.8 Å². The second-order valence-corrected chi connectivity index (χ2v) is 7.75. The Labute approximate surface area is 129 Å². The van der Waals surface area contributed by atoms with Crippen LogP contribution in [-0.2, 0) is 0 Å². The first kappa shape index (κ1) is 20.0. The maximum Gasteiger partial charge on any atom is 0.0931 e. The van der Waals surface area contributed by atoms with Crippen LogP contribution in [0.1, 0.15) is 98.3 Å². The van der Waals surface area contributed by atoms with E-state index in [1.807, 2.05) is 0 Å². The van der Waals surface area contributed by atoms with Gasteiger partial charge in [-0.05, 0) is 27.2 Å². The highest BCUT2D eigenvalue weighted by Crippen LogP contribution is 2.26. The van der Waals surface area contributed by atoms with Crippen LogP contribution in [0.4, 0.5) is 0 Å². The van der Waals surface area contributed by atoms with Crippen molar-refractivity contribution >= 4 is 0 Å². The first-order chi connectivity index (χ1) is 9.37. The van der Waals surface area contributed by atoms with E-state index in [0.29, 0.717) is 5.54 Å². The molecule has 0 aromatic heterocycles. The van der Waals surface area contributed by atoms with Crippen molar-refractivity contribution in [2.45, 2.75) is 104 Å². The van der Waals surface area contributed by atoms with Gasteiger partial charge in [-0.3, -0.25) is 0 Å². The smallest absolute Gasteiger partial charge is 0.0931 e. The lowest BCUT2D eigenvalue weighted by Gasteiger charge is -2.44. The largest absolute Gasteiger partial charge is 0.324 e. The molecule has 0 aliphatic heterocycles. The number of nitrogens with zero attached hydrogens (tertiary/aromatic N) is 1. The Balaban J connectivity index is 3.48. The molecule has 0 aromatic carbocycles. The molecule has 1 heteroatoms. The second-order valence-electron chi connectivity index (χ2n) is 7.75. The number of hydrogen-bond donors (Lipinski definition) is 0. The lowest BCUT2D eigenvalue weighted by atomic mass is 9.92. The summed E-state index contributed by atoms with van der Waals surface area (Å²) < 4.78 is 1.14. The van der Waals surface area contributed by atoms with E-state index in [-0.39, 0.29) is 0 Å². The topological polar surface area (TPSA) is 0 Å². The minimum absolute atomic E-state index is 0.425. The molecule has 0 radical (unpaired) electrons. The zero-order valence-electron chi connectivity index (χ0n) is 15.4. The van der Waals surface area contributed by atoms with Crippen molar-refractivity contribution in [1.29, 1.82) is 0 Å². The molecular weight excluding hydrogens is 242 g/mol. The summed E-state index contributed by atoms with van der Waals surface area (Å²) in [5.74, 6) is 0. The molecule has 0 aromatic rings. The Hall–Kier alpha value is -0.0400. The summed E-state index contributed by atoms with van der Waals surface area (Å²) in [7, 11) is 4.74. The first-order valence-electron chi connectivity index (χ1n) is 9.20. The zero-order chi connectivity index (χ0) is 15.5. The van der Waals surface area contributed by atoms with Gasteiger partial charge in [-0.25, -0.2) is 0 Å². The molecule has 0 bridgehead atoms. The van der Waals surface area contributed by atoms with E-state index in [1.165, 1.54) is 77.2 Å². The summed E-state index contributed by atoms with van der Waals surface area (Å²) in [5.41, 5.74) is 0.425. The zero-order valence-corrected chi connectivity index (χ0v) is 15.4. The average molecular weight is 285 g/mol. The second kappa shape index (κ2) is 10.7. The van der Waals surface area contributed by atoms with Crippen molar-refractivity contribution in [2.24, 2.45) is 0 Å². The number of hydrogen-bond acceptors (Lipinski definition) is 0. The molecule has 122 valence electrons. The van der Waals surface area contributed by atoms with Crippen molar-refractivity contribution in [2.75, 3.05) is 20.6 Å². The Kier molecular flexibility index (Phi) is 10.6. The number of quaternary nitrogens is 1. The maximum atomic E-state index is 2.43. The Bertz CT molecular complexity index is 218. The Morgan fingerprint density at radius 1 is 0.650 bits per heavy atom. The highest BCUT2D eigenvalue weighted by Gasteiger charge is 2.33. The van der Waals surface area contributed by atoms with Gasteiger partial charge in [0.25, 0.3) is 0 Å². The molecule has 0 fully saturated rings. The third-order valence-corrected chi connectivity index (χ3v) is 5.57. The van der Waals surface area contributed by atoms with Crippen LogP contribution in [0.5, 0.6) is 0 Å². The molecule has 0 spiro atoms. The minimum atomic E-state index is 0.425. The molecule has 0 saturated carbocycles. The van der Waals surface area contributed by atoms with Crippen molar-refractivity contribution < 1.29 is 4.48 Å². The number of rotatable bonds is 13. The van der Waals surface area contributed by atoms with Crippen LogP contribution in [0, 0.1) is 0 Å². The van der Waals surface area contributed by atoms with Crippen LogP contribution in [-0.4, -0.2) is 30.7 Å². The van der Waals surface area contributed by atoms with Gasteiger partial charge in [0.05, 0.1) is 26.2 Å². The van der Waals surface area contributed by atoms with Crippen LogP contribution in [0.3, 0.4) is 0 Å². The molecule has 0 unspecified atom stereocenters. The van der Waals surface area contributed by atoms with Crippen LogP contribution in [0.25, 0.3) is 0 Å². The molecule has 0 atom stereocenters. The van der Waals surface area contributed by atoms with Gasteiger partial charge in [0.2, 0.25) is 0 Å². The molecule has 0 rings (SSSR count). The van der Waals surface area contributed by atoms with Gasteiger partial charge >= 0.3 is 0 Å². The molecule has 20 heavy (non-hydrogen) atoms. The summed E-state index contributed by atoms with van der Waals surface area (Å²) in [6, 6.07) is 0. The van der Waals surface area contributed by atoms with E-state index in [1.54, 1.807) is 0 Å². The van der Waals surface area contributed by atoms with Gasteiger partial charge in [0, 0.05) is 6.42 Å². The normalized spacial score (nSPS) is 12.9. The van der Waals surface area contributed by atoms with Crippen LogP contribution in [0.15, 0.2) is 0 Å². The molecular formula is C19H42N+. The first-order valence-corrected chi connectivity index (χ1v) is 9.20. The fraction of sp³-hybridized carbons (Fsp3) is 1.00. The fourth-order valence-electron chi connectivity index (χ4n) is 2.78. The standard InChI is InChI=1S/C19H42N/c1-7-9-10-11-12-13-14-15-16-17-18-19(3,4)20(5,6)8-2/h7-18H2,1-6H3/q+1. The van der Waals surface area contributed by atoms with E-state index < -0.39 is 0 Å². The van der Waals surface area contributed by atoms with E-state index in [0.717, 1.165) is 4.48 Å². The molecule has 0 N–H and O–H groups in total. The minimum Gasteiger partial charge on any atom is -0.324 e. The van der Waals surface area contributed by atoms with Gasteiger partial charge in [0.1, 0.15) is 0 Å². The molecule has 0 saturated heterocycles. The molecule has 0 heterocycles. The quantitative estimate of drug-likeness (QED) is 0.280. The summed E-state index contributed by atoms with van der Waals surface area (Å²) in [6.07, 6.45) is 15.7. The lowest BCUT2D eigenvalue weighted by molar-refractivity contribution is -0.936. The summed E-state index contributed by atoms with van der Waals surface area (Å²) in [4.78, 5) is 0. The van der Waals surface area contributed by atoms with Crippen molar-refractivity contribution in [3.8, 4) is 0 Å². The van der Waals surface area contributed by atoms with Crippen LogP contribution in [0.2, 0.25) is 0 Å². The van der Waals surface area contributed by atoms with Crippen molar-refractivity contribution in [1.82, 2.24) is 0 Å². The van der Waals surface area contributed by atoms with Gasteiger partial charge in [0.15, 0.2) is 0 Å². The van der Waals surface area contributed by atoms with Gasteiger partial charge in [-0.15, -0.1) is 0 Å². The van der Waals surface area contributed by atoms with Gasteiger partial charge in [-0.1, -0.05) is 64.7 Å². The summed E-state index contributed by atoms with van der Waals surface area (Å²) >= 11 is 0. The predicted molar refractivity (Wildman–Crippen MR) is 93.2 cm³/mol. The third kappa shape index (κ3) is 8.29. The predicted octanol–water partition coefficient (Wildman–Crippen LogP) is 6.17. The van der Waals surface area contributed by atoms with Gasteiger partial charge < -0.3 is 4.48 Å². The third-order valence-electron chi connectivity index (χ3n) is 5.57. The fourth-order valence-corrected chi connectivity index (χ4v) is 2.78. The Morgan fingerprint density at radius 3 is 1.45 bits per heavy atom. The van der Waals surface area contributed by atoms with E-state index in [4.69, 9.17) is 0 Å². The van der Waals surface area contributed by atoms with Crippen molar-refractivity contribution in [3.05, 3.63) is 0 Å². The molecule has 0 aliphatic carbocycles. The van der Waals surface area contributed by atoms with Gasteiger partial charge in [-0.2, -0.15) is 0 Å². The average Bonchev–Trinajstić information content (AvgIpc) is 2.40. The highest BCUT2D eigenvalue weighted by molar-refractivity contribution is 4.69. The highest BCUT2D eigenvalue weighted by atomic mass is 15.4. The summed E-state index contributed by atoms with van der Waals surface area (Å²) in [5, 5.41) is 0. The maximum absolute atomic E-state index is 2.43. The lowest BCUT2D eigenvalue weighted by Crippen LogP contribution is -2.55. The van der Waals surface area contributed by atoms with Crippen LogP contribution < -0.4 is 0 Å². The van der Waals surface area contributed by atoms with E-state index in [9.17, 15) is 0 Å². The molecule has 0 amide bonds. The van der Waals surface area contributed by atoms with Crippen LogP contribution >= 0.6 is 0 Å². The van der Waals surface area contributed by atoms with Crippen molar-refractivity contribution in [3.63, 3.8) is 0 Å². The SMILES string of the molecule is CCCCCCCCCCCCC(C)(C)[N+](C)(C)CC. The Morgan fingerprint density at radius 2 is 1.05 bits per heavy atom. The number of unbranched alkanes of at least 4 members (excludes halogenated alkanes) is 9. The van der Waals surface area contributed by atoms with E-state index >= 15 is 0 Å². The summed E-state index contributed by atoms with van der Waals surface area (Å²) in [6.45, 7) is 10.7. The molecule has 1 nitrogen and oxygen atoms in total. The monoisotopic (exact) mass is 284 g/mol.